The number of Topliss-reactive ketones (excluding diaryl/α,β-unsaturated/α-hetero) is 1. The Balaban J connectivity index is 2.56. The molecule has 88 valence electrons. The zero-order valence-corrected chi connectivity index (χ0v) is 9.64. The Kier molecular flexibility index (Phi) is 2.91. The molecule has 0 amide bonds. The van der Waals surface area contributed by atoms with Crippen LogP contribution in [0.2, 0.25) is 0 Å². The van der Waals surface area contributed by atoms with Gasteiger partial charge in [0.15, 0.2) is 5.78 Å². The number of fused-ring (bicyclic) bond motifs is 1. The van der Waals surface area contributed by atoms with Gasteiger partial charge in [-0.15, -0.1) is 0 Å². The predicted octanol–water partition coefficient (Wildman–Crippen LogP) is 1.25. The molecule has 5 nitrogen and oxygen atoms in total. The molecule has 0 atom stereocenters. The molecule has 0 saturated heterocycles. The van der Waals surface area contributed by atoms with Crippen LogP contribution in [0.1, 0.15) is 23.2 Å². The smallest absolute Gasteiger partial charge is 0.313 e. The van der Waals surface area contributed by atoms with E-state index in [-0.39, 0.29) is 18.2 Å². The quantitative estimate of drug-likeness (QED) is 0.590. The first kappa shape index (κ1) is 11.3. The van der Waals surface area contributed by atoms with Gasteiger partial charge >= 0.3 is 5.97 Å². The monoisotopic (exact) mass is 232 g/mol. The molecule has 17 heavy (non-hydrogen) atoms. The van der Waals surface area contributed by atoms with Gasteiger partial charge in [0, 0.05) is 13.1 Å². The number of rotatable bonds is 3. The SMILES string of the molecule is COC(=O)Cc1nc(C(C)=O)c2ccccn12. The average molecular weight is 232 g/mol. The second-order valence-corrected chi connectivity index (χ2v) is 3.64. The lowest BCUT2D eigenvalue weighted by Gasteiger charge is -1.99. The van der Waals surface area contributed by atoms with Gasteiger partial charge in [-0.3, -0.25) is 9.59 Å². The van der Waals surface area contributed by atoms with Gasteiger partial charge in [-0.25, -0.2) is 4.98 Å². The van der Waals surface area contributed by atoms with E-state index < -0.39 is 0 Å². The maximum Gasteiger partial charge on any atom is 0.313 e. The fourth-order valence-electron chi connectivity index (χ4n) is 1.69. The molecular formula is C12H12N2O3. The summed E-state index contributed by atoms with van der Waals surface area (Å²) >= 11 is 0. The van der Waals surface area contributed by atoms with Crippen molar-refractivity contribution in [3.05, 3.63) is 35.9 Å². The van der Waals surface area contributed by atoms with Gasteiger partial charge in [-0.1, -0.05) is 6.07 Å². The lowest BCUT2D eigenvalue weighted by atomic mass is 10.2. The van der Waals surface area contributed by atoms with Crippen LogP contribution < -0.4 is 0 Å². The van der Waals surface area contributed by atoms with Gasteiger partial charge in [0.1, 0.15) is 17.9 Å². The van der Waals surface area contributed by atoms with Crippen LogP contribution in [0.25, 0.3) is 5.52 Å². The highest BCUT2D eigenvalue weighted by atomic mass is 16.5. The molecule has 0 aliphatic carbocycles. The van der Waals surface area contributed by atoms with E-state index in [1.807, 2.05) is 12.1 Å². The second-order valence-electron chi connectivity index (χ2n) is 3.64. The lowest BCUT2D eigenvalue weighted by molar-refractivity contribution is -0.139. The maximum atomic E-state index is 11.4. The Labute approximate surface area is 98.0 Å². The molecule has 0 saturated carbocycles. The van der Waals surface area contributed by atoms with E-state index in [1.165, 1.54) is 14.0 Å². The van der Waals surface area contributed by atoms with E-state index in [0.717, 1.165) is 0 Å². The number of nitrogens with zero attached hydrogens (tertiary/aromatic N) is 2. The standard InChI is InChI=1S/C12H12N2O3/c1-8(15)12-9-5-3-4-6-14(9)10(13-12)7-11(16)17-2/h3-6H,7H2,1-2H3. The summed E-state index contributed by atoms with van der Waals surface area (Å²) < 4.78 is 6.33. The summed E-state index contributed by atoms with van der Waals surface area (Å²) in [5.74, 6) is 0.0123. The van der Waals surface area contributed by atoms with E-state index in [4.69, 9.17) is 0 Å². The van der Waals surface area contributed by atoms with Gasteiger partial charge in [0.25, 0.3) is 0 Å². The summed E-state index contributed by atoms with van der Waals surface area (Å²) in [6.45, 7) is 1.46. The molecule has 0 bridgehead atoms. The number of ether oxygens (including phenoxy) is 1. The Morgan fingerprint density at radius 2 is 2.18 bits per heavy atom. The molecule has 2 aromatic heterocycles. The van der Waals surface area contributed by atoms with Crippen LogP contribution in [0, 0.1) is 0 Å². The largest absolute Gasteiger partial charge is 0.469 e. The highest BCUT2D eigenvalue weighted by molar-refractivity contribution is 5.99. The fraction of sp³-hybridized carbons (Fsp3) is 0.250. The van der Waals surface area contributed by atoms with Crippen LogP contribution in [0.15, 0.2) is 24.4 Å². The molecule has 0 aliphatic heterocycles. The number of aromatic nitrogens is 2. The summed E-state index contributed by atoms with van der Waals surface area (Å²) in [4.78, 5) is 26.9. The maximum absolute atomic E-state index is 11.4. The molecule has 0 radical (unpaired) electrons. The van der Waals surface area contributed by atoms with Crippen molar-refractivity contribution >= 4 is 17.3 Å². The minimum Gasteiger partial charge on any atom is -0.469 e. The Morgan fingerprint density at radius 1 is 1.41 bits per heavy atom. The number of pyridine rings is 1. The molecule has 2 heterocycles. The van der Waals surface area contributed by atoms with E-state index in [9.17, 15) is 9.59 Å². The van der Waals surface area contributed by atoms with Gasteiger partial charge in [-0.2, -0.15) is 0 Å². The molecule has 2 aromatic rings. The number of methoxy groups -OCH3 is 1. The zero-order chi connectivity index (χ0) is 12.4. The minimum atomic E-state index is -0.379. The van der Waals surface area contributed by atoms with E-state index in [0.29, 0.717) is 17.0 Å². The minimum absolute atomic E-state index is 0.0506. The Hall–Kier alpha value is -2.17. The van der Waals surface area contributed by atoms with E-state index in [1.54, 1.807) is 16.7 Å². The zero-order valence-electron chi connectivity index (χ0n) is 9.64. The summed E-state index contributed by atoms with van der Waals surface area (Å²) in [6, 6.07) is 5.44. The van der Waals surface area contributed by atoms with Crippen LogP contribution in [-0.2, 0) is 16.0 Å². The van der Waals surface area contributed by atoms with Crippen molar-refractivity contribution in [3.63, 3.8) is 0 Å². The summed E-state index contributed by atoms with van der Waals surface area (Å²) in [7, 11) is 1.32. The highest BCUT2D eigenvalue weighted by Gasteiger charge is 2.16. The lowest BCUT2D eigenvalue weighted by Crippen LogP contribution is -2.07. The van der Waals surface area contributed by atoms with Crippen molar-refractivity contribution in [2.24, 2.45) is 0 Å². The average Bonchev–Trinajstić information content (AvgIpc) is 2.68. The molecule has 0 unspecified atom stereocenters. The van der Waals surface area contributed by atoms with Crippen molar-refractivity contribution in [2.75, 3.05) is 7.11 Å². The van der Waals surface area contributed by atoms with Crippen LogP contribution in [0.5, 0.6) is 0 Å². The van der Waals surface area contributed by atoms with Crippen molar-refractivity contribution in [2.45, 2.75) is 13.3 Å². The van der Waals surface area contributed by atoms with Crippen LogP contribution in [-0.4, -0.2) is 28.2 Å². The van der Waals surface area contributed by atoms with Crippen molar-refractivity contribution in [1.29, 1.82) is 0 Å². The molecular weight excluding hydrogens is 220 g/mol. The number of hydrogen-bond acceptors (Lipinski definition) is 4. The molecule has 5 heteroatoms. The topological polar surface area (TPSA) is 60.7 Å². The fourth-order valence-corrected chi connectivity index (χ4v) is 1.69. The third-order valence-corrected chi connectivity index (χ3v) is 2.49. The first-order chi connectivity index (χ1) is 8.13. The number of hydrogen-bond donors (Lipinski definition) is 0. The van der Waals surface area contributed by atoms with Crippen molar-refractivity contribution in [3.8, 4) is 0 Å². The van der Waals surface area contributed by atoms with Gasteiger partial charge < -0.3 is 9.14 Å². The van der Waals surface area contributed by atoms with Crippen molar-refractivity contribution in [1.82, 2.24) is 9.38 Å². The van der Waals surface area contributed by atoms with Crippen LogP contribution in [0.3, 0.4) is 0 Å². The number of esters is 1. The van der Waals surface area contributed by atoms with Crippen LogP contribution >= 0.6 is 0 Å². The van der Waals surface area contributed by atoms with Gasteiger partial charge in [0.05, 0.1) is 12.6 Å². The third-order valence-electron chi connectivity index (χ3n) is 2.49. The highest BCUT2D eigenvalue weighted by Crippen LogP contribution is 2.14. The number of ketones is 1. The molecule has 0 fully saturated rings. The van der Waals surface area contributed by atoms with E-state index in [2.05, 4.69) is 9.72 Å². The molecule has 0 aliphatic rings. The van der Waals surface area contributed by atoms with Gasteiger partial charge in [-0.05, 0) is 12.1 Å². The molecule has 2 rings (SSSR count). The van der Waals surface area contributed by atoms with Gasteiger partial charge in [0.2, 0.25) is 0 Å². The Bertz CT molecular complexity index is 586. The second kappa shape index (κ2) is 4.37. The van der Waals surface area contributed by atoms with Crippen LogP contribution in [0.4, 0.5) is 0 Å². The third kappa shape index (κ3) is 2.04. The summed E-state index contributed by atoms with van der Waals surface area (Å²) in [5.41, 5.74) is 1.09. The van der Waals surface area contributed by atoms with Crippen molar-refractivity contribution < 1.29 is 14.3 Å². The molecule has 0 aromatic carbocycles. The number of carbonyl (C=O) groups excluding carboxylic acids is 2. The number of imidazole rings is 1. The van der Waals surface area contributed by atoms with E-state index >= 15 is 0 Å². The molecule has 0 N–H and O–H groups in total. The summed E-state index contributed by atoms with van der Waals surface area (Å²) in [5, 5.41) is 0. The normalized spacial score (nSPS) is 10.5. The number of carbonyl (C=O) groups is 2. The predicted molar refractivity (Wildman–Crippen MR) is 60.9 cm³/mol. The first-order valence-corrected chi connectivity index (χ1v) is 5.17. The molecule has 0 spiro atoms. The Morgan fingerprint density at radius 3 is 2.82 bits per heavy atom. The summed E-state index contributed by atoms with van der Waals surface area (Å²) in [6.07, 6.45) is 1.82. The first-order valence-electron chi connectivity index (χ1n) is 5.17.